The van der Waals surface area contributed by atoms with E-state index in [-0.39, 0.29) is 17.8 Å². The lowest BCUT2D eigenvalue weighted by molar-refractivity contribution is -0.144. The third kappa shape index (κ3) is 8.36. The highest BCUT2D eigenvalue weighted by atomic mass is 16.4. The third-order valence-electron chi connectivity index (χ3n) is 4.86. The van der Waals surface area contributed by atoms with E-state index in [0.29, 0.717) is 6.42 Å². The van der Waals surface area contributed by atoms with Crippen molar-refractivity contribution in [2.75, 3.05) is 6.61 Å². The van der Waals surface area contributed by atoms with Gasteiger partial charge in [0.05, 0.1) is 12.6 Å². The largest absolute Gasteiger partial charge is 0.480 e. The van der Waals surface area contributed by atoms with E-state index in [4.69, 9.17) is 5.73 Å². The highest BCUT2D eigenvalue weighted by Gasteiger charge is 2.33. The van der Waals surface area contributed by atoms with Gasteiger partial charge in [0.15, 0.2) is 0 Å². The molecule has 0 spiro atoms. The first-order chi connectivity index (χ1) is 13.4. The third-order valence-corrected chi connectivity index (χ3v) is 4.86. The average molecular weight is 417 g/mol. The van der Waals surface area contributed by atoms with Gasteiger partial charge >= 0.3 is 5.97 Å². The maximum atomic E-state index is 12.6. The Kier molecular flexibility index (Phi) is 11.4. The van der Waals surface area contributed by atoms with Gasteiger partial charge in [-0.25, -0.2) is 4.79 Å². The van der Waals surface area contributed by atoms with Gasteiger partial charge in [-0.2, -0.15) is 0 Å². The van der Waals surface area contributed by atoms with Gasteiger partial charge in [0.2, 0.25) is 17.7 Å². The summed E-state index contributed by atoms with van der Waals surface area (Å²) >= 11 is 0. The second-order valence-electron chi connectivity index (χ2n) is 7.95. The van der Waals surface area contributed by atoms with Crippen molar-refractivity contribution in [3.8, 4) is 0 Å². The molecular formula is C19H36N4O6. The van der Waals surface area contributed by atoms with Gasteiger partial charge in [-0.05, 0) is 17.8 Å². The van der Waals surface area contributed by atoms with Crippen molar-refractivity contribution in [3.63, 3.8) is 0 Å². The van der Waals surface area contributed by atoms with Crippen molar-refractivity contribution in [2.45, 2.75) is 72.1 Å². The van der Waals surface area contributed by atoms with Crippen molar-refractivity contribution in [3.05, 3.63) is 0 Å². The van der Waals surface area contributed by atoms with Crippen LogP contribution in [-0.4, -0.2) is 64.7 Å². The summed E-state index contributed by atoms with van der Waals surface area (Å²) in [5, 5.41) is 26.1. The molecule has 0 heterocycles. The molecule has 0 aliphatic heterocycles. The summed E-state index contributed by atoms with van der Waals surface area (Å²) in [4.78, 5) is 48.7. The number of hydrogen-bond donors (Lipinski definition) is 6. The summed E-state index contributed by atoms with van der Waals surface area (Å²) < 4.78 is 0. The Bertz CT molecular complexity index is 581. The lowest BCUT2D eigenvalue weighted by Gasteiger charge is -2.28. The summed E-state index contributed by atoms with van der Waals surface area (Å²) in [7, 11) is 0. The molecule has 0 saturated carbocycles. The SMILES string of the molecule is CCC(C)C(NC(=O)C(NC(=O)C(CO)NC(=O)C(N)C(C)C)C(C)C)C(=O)O. The first kappa shape index (κ1) is 26.8. The summed E-state index contributed by atoms with van der Waals surface area (Å²) in [5.41, 5.74) is 5.74. The van der Waals surface area contributed by atoms with Gasteiger partial charge in [0.25, 0.3) is 0 Å². The molecule has 0 aliphatic carbocycles. The Morgan fingerprint density at radius 2 is 1.34 bits per heavy atom. The second kappa shape index (κ2) is 12.4. The monoisotopic (exact) mass is 416 g/mol. The Morgan fingerprint density at radius 1 is 0.828 bits per heavy atom. The van der Waals surface area contributed by atoms with Gasteiger partial charge in [-0.3, -0.25) is 14.4 Å². The minimum absolute atomic E-state index is 0.167. The number of hydrogen-bond acceptors (Lipinski definition) is 6. The van der Waals surface area contributed by atoms with E-state index < -0.39 is 54.5 Å². The van der Waals surface area contributed by atoms with Crippen molar-refractivity contribution >= 4 is 23.7 Å². The van der Waals surface area contributed by atoms with E-state index in [1.807, 2.05) is 6.92 Å². The Hall–Kier alpha value is -2.20. The zero-order valence-electron chi connectivity index (χ0n) is 18.1. The highest BCUT2D eigenvalue weighted by molar-refractivity contribution is 5.94. The van der Waals surface area contributed by atoms with Gasteiger partial charge in [0, 0.05) is 0 Å². The molecule has 0 aliphatic rings. The molecule has 3 amide bonds. The molecule has 0 radical (unpaired) electrons. The summed E-state index contributed by atoms with van der Waals surface area (Å²) in [6.45, 7) is 9.69. The minimum Gasteiger partial charge on any atom is -0.480 e. The van der Waals surface area contributed by atoms with Crippen LogP contribution in [0, 0.1) is 17.8 Å². The molecule has 168 valence electrons. The Labute approximate surface area is 172 Å². The predicted octanol–water partition coefficient (Wildman–Crippen LogP) is -0.797. The van der Waals surface area contributed by atoms with E-state index in [1.165, 1.54) is 0 Å². The molecule has 0 aromatic carbocycles. The molecule has 10 heteroatoms. The Balaban J connectivity index is 5.25. The average Bonchev–Trinajstić information content (AvgIpc) is 2.65. The van der Waals surface area contributed by atoms with E-state index in [0.717, 1.165) is 0 Å². The summed E-state index contributed by atoms with van der Waals surface area (Å²) in [6.07, 6.45) is 0.546. The zero-order valence-corrected chi connectivity index (χ0v) is 18.1. The minimum atomic E-state index is -1.29. The Morgan fingerprint density at radius 3 is 1.72 bits per heavy atom. The molecule has 7 N–H and O–H groups in total. The van der Waals surface area contributed by atoms with E-state index in [2.05, 4.69) is 16.0 Å². The van der Waals surface area contributed by atoms with Crippen LogP contribution in [0.25, 0.3) is 0 Å². The van der Waals surface area contributed by atoms with Crippen LogP contribution in [0.5, 0.6) is 0 Å². The fourth-order valence-electron chi connectivity index (χ4n) is 2.48. The summed E-state index contributed by atoms with van der Waals surface area (Å²) in [5.74, 6) is -4.00. The fourth-order valence-corrected chi connectivity index (χ4v) is 2.48. The smallest absolute Gasteiger partial charge is 0.326 e. The number of carbonyl (C=O) groups is 4. The van der Waals surface area contributed by atoms with Crippen LogP contribution in [0.2, 0.25) is 0 Å². The summed E-state index contributed by atoms with van der Waals surface area (Å²) in [6, 6.07) is -4.28. The van der Waals surface area contributed by atoms with E-state index in [1.54, 1.807) is 34.6 Å². The fraction of sp³-hybridized carbons (Fsp3) is 0.789. The maximum absolute atomic E-state index is 12.6. The van der Waals surface area contributed by atoms with Gasteiger partial charge in [-0.15, -0.1) is 0 Å². The van der Waals surface area contributed by atoms with Gasteiger partial charge < -0.3 is 31.9 Å². The second-order valence-corrected chi connectivity index (χ2v) is 7.95. The van der Waals surface area contributed by atoms with Crippen LogP contribution in [0.3, 0.4) is 0 Å². The van der Waals surface area contributed by atoms with Crippen LogP contribution in [0.4, 0.5) is 0 Å². The van der Waals surface area contributed by atoms with Crippen LogP contribution in [0.1, 0.15) is 48.0 Å². The zero-order chi connectivity index (χ0) is 22.9. The number of rotatable bonds is 12. The number of aliphatic hydroxyl groups excluding tert-OH is 1. The number of nitrogens with two attached hydrogens (primary N) is 1. The first-order valence-corrected chi connectivity index (χ1v) is 9.87. The molecule has 0 fully saturated rings. The molecule has 10 nitrogen and oxygen atoms in total. The van der Waals surface area contributed by atoms with Gasteiger partial charge in [0.1, 0.15) is 18.1 Å². The maximum Gasteiger partial charge on any atom is 0.326 e. The highest BCUT2D eigenvalue weighted by Crippen LogP contribution is 2.10. The van der Waals surface area contributed by atoms with Crippen molar-refractivity contribution < 1.29 is 29.4 Å². The molecule has 0 saturated heterocycles. The number of nitrogens with one attached hydrogen (secondary N) is 3. The number of aliphatic carboxylic acids is 1. The number of amides is 3. The van der Waals surface area contributed by atoms with Crippen molar-refractivity contribution in [1.29, 1.82) is 0 Å². The van der Waals surface area contributed by atoms with Crippen molar-refractivity contribution in [1.82, 2.24) is 16.0 Å². The molecule has 5 unspecified atom stereocenters. The van der Waals surface area contributed by atoms with Crippen LogP contribution >= 0.6 is 0 Å². The van der Waals surface area contributed by atoms with Gasteiger partial charge in [-0.1, -0.05) is 48.0 Å². The van der Waals surface area contributed by atoms with Crippen LogP contribution < -0.4 is 21.7 Å². The number of carboxylic acids is 1. The van der Waals surface area contributed by atoms with Crippen LogP contribution in [-0.2, 0) is 19.2 Å². The number of carboxylic acid groups (broad SMARTS) is 1. The van der Waals surface area contributed by atoms with Crippen LogP contribution in [0.15, 0.2) is 0 Å². The molecular weight excluding hydrogens is 380 g/mol. The molecule has 5 atom stereocenters. The molecule has 0 bridgehead atoms. The quantitative estimate of drug-likeness (QED) is 0.242. The van der Waals surface area contributed by atoms with E-state index in [9.17, 15) is 29.4 Å². The normalized spacial score (nSPS) is 16.5. The molecule has 0 aromatic heterocycles. The number of carbonyl (C=O) groups excluding carboxylic acids is 3. The number of aliphatic hydroxyl groups is 1. The molecule has 0 rings (SSSR count). The molecule has 0 aromatic rings. The lowest BCUT2D eigenvalue weighted by Crippen LogP contribution is -2.60. The lowest BCUT2D eigenvalue weighted by atomic mass is 9.97. The standard InChI is InChI=1S/C19H36N4O6/c1-7-11(6)15(19(28)29)23-18(27)14(10(4)5)22-16(25)12(8-24)21-17(26)13(20)9(2)3/h9-15,24H,7-8,20H2,1-6H3,(H,21,26)(H,22,25)(H,23,27)(H,28,29). The molecule has 29 heavy (non-hydrogen) atoms. The predicted molar refractivity (Wildman–Crippen MR) is 108 cm³/mol. The first-order valence-electron chi connectivity index (χ1n) is 9.87. The topological polar surface area (TPSA) is 171 Å². The van der Waals surface area contributed by atoms with Crippen molar-refractivity contribution in [2.24, 2.45) is 23.5 Å². The van der Waals surface area contributed by atoms with E-state index >= 15 is 0 Å².